The van der Waals surface area contributed by atoms with Crippen molar-refractivity contribution in [3.05, 3.63) is 58.6 Å². The molecule has 0 radical (unpaired) electrons. The van der Waals surface area contributed by atoms with Gasteiger partial charge in [-0.15, -0.1) is 0 Å². The molecule has 0 fully saturated rings. The first-order chi connectivity index (χ1) is 11.9. The van der Waals surface area contributed by atoms with E-state index in [9.17, 15) is 13.2 Å². The van der Waals surface area contributed by atoms with Crippen LogP contribution in [0.15, 0.2) is 57.9 Å². The monoisotopic (exact) mass is 426 g/mol. The van der Waals surface area contributed by atoms with Crippen molar-refractivity contribution < 1.29 is 17.9 Å². The minimum atomic E-state index is -3.57. The third-order valence-corrected chi connectivity index (χ3v) is 5.30. The van der Waals surface area contributed by atoms with Gasteiger partial charge in [-0.05, 0) is 48.9 Å². The van der Waals surface area contributed by atoms with Crippen LogP contribution >= 0.6 is 15.9 Å². The van der Waals surface area contributed by atoms with Crippen LogP contribution in [-0.4, -0.2) is 34.6 Å². The Bertz CT molecular complexity index is 823. The molecule has 0 aliphatic heterocycles. The van der Waals surface area contributed by atoms with Crippen molar-refractivity contribution in [3.8, 4) is 0 Å². The zero-order valence-corrected chi connectivity index (χ0v) is 16.1. The number of hydrogen-bond acceptors (Lipinski definition) is 4. The zero-order valence-electron chi connectivity index (χ0n) is 13.7. The molecule has 0 saturated carbocycles. The summed E-state index contributed by atoms with van der Waals surface area (Å²) in [5.41, 5.74) is 1.02. The number of rotatable bonds is 8. The highest BCUT2D eigenvalue weighted by molar-refractivity contribution is 9.10. The summed E-state index contributed by atoms with van der Waals surface area (Å²) in [5, 5.41) is 2.73. The van der Waals surface area contributed by atoms with Gasteiger partial charge in [-0.3, -0.25) is 4.79 Å². The Morgan fingerprint density at radius 3 is 2.52 bits per heavy atom. The second kappa shape index (κ2) is 9.10. The van der Waals surface area contributed by atoms with Crippen LogP contribution in [0.3, 0.4) is 0 Å². The molecule has 0 aliphatic carbocycles. The maximum atomic E-state index is 12.2. The molecule has 0 unspecified atom stereocenters. The average molecular weight is 427 g/mol. The van der Waals surface area contributed by atoms with Gasteiger partial charge in [0, 0.05) is 36.0 Å². The standard InChI is InChI=1S/C17H19BrN2O4S/c1-24-11-3-10-19-25(22,23)16-8-6-15(7-9-16)20-17(21)13-4-2-5-14(18)12-13/h2,4-9,12,19H,3,10-11H2,1H3,(H,20,21). The molecule has 0 aromatic heterocycles. The van der Waals surface area contributed by atoms with E-state index in [0.29, 0.717) is 30.8 Å². The number of halogens is 1. The fourth-order valence-electron chi connectivity index (χ4n) is 2.06. The summed E-state index contributed by atoms with van der Waals surface area (Å²) in [6.07, 6.45) is 0.594. The van der Waals surface area contributed by atoms with Gasteiger partial charge < -0.3 is 10.1 Å². The number of nitrogens with one attached hydrogen (secondary N) is 2. The number of anilines is 1. The van der Waals surface area contributed by atoms with Crippen molar-refractivity contribution in [3.63, 3.8) is 0 Å². The first-order valence-electron chi connectivity index (χ1n) is 7.58. The summed E-state index contributed by atoms with van der Waals surface area (Å²) in [4.78, 5) is 12.3. The van der Waals surface area contributed by atoms with Crippen LogP contribution in [0.25, 0.3) is 0 Å². The van der Waals surface area contributed by atoms with Gasteiger partial charge in [0.05, 0.1) is 4.90 Å². The fourth-order valence-corrected chi connectivity index (χ4v) is 3.53. The SMILES string of the molecule is COCCCNS(=O)(=O)c1ccc(NC(=O)c2cccc(Br)c2)cc1. The molecule has 0 atom stereocenters. The van der Waals surface area contributed by atoms with Crippen LogP contribution < -0.4 is 10.0 Å². The first-order valence-corrected chi connectivity index (χ1v) is 9.85. The maximum Gasteiger partial charge on any atom is 0.255 e. The zero-order chi connectivity index (χ0) is 18.3. The summed E-state index contributed by atoms with van der Waals surface area (Å²) in [6.45, 7) is 0.792. The molecule has 2 rings (SSSR count). The van der Waals surface area contributed by atoms with Gasteiger partial charge in [0.1, 0.15) is 0 Å². The molecule has 2 aromatic carbocycles. The molecule has 0 heterocycles. The molecule has 8 heteroatoms. The van der Waals surface area contributed by atoms with Crippen LogP contribution in [0, 0.1) is 0 Å². The molecule has 25 heavy (non-hydrogen) atoms. The molecule has 0 bridgehead atoms. The number of carbonyl (C=O) groups is 1. The molecule has 6 nitrogen and oxygen atoms in total. The predicted molar refractivity (Wildman–Crippen MR) is 100 cm³/mol. The van der Waals surface area contributed by atoms with Gasteiger partial charge in [0.2, 0.25) is 10.0 Å². The summed E-state index contributed by atoms with van der Waals surface area (Å²) < 4.78 is 32.5. The van der Waals surface area contributed by atoms with E-state index in [1.54, 1.807) is 37.4 Å². The van der Waals surface area contributed by atoms with Gasteiger partial charge in [-0.2, -0.15) is 0 Å². The topological polar surface area (TPSA) is 84.5 Å². The van der Waals surface area contributed by atoms with E-state index in [4.69, 9.17) is 4.74 Å². The quantitative estimate of drug-likeness (QED) is 0.635. The van der Waals surface area contributed by atoms with Crippen LogP contribution in [-0.2, 0) is 14.8 Å². The number of benzene rings is 2. The van der Waals surface area contributed by atoms with Crippen molar-refractivity contribution in [1.29, 1.82) is 0 Å². The van der Waals surface area contributed by atoms with E-state index in [0.717, 1.165) is 4.47 Å². The van der Waals surface area contributed by atoms with Crippen molar-refractivity contribution >= 4 is 37.5 Å². The Balaban J connectivity index is 2.00. The summed E-state index contributed by atoms with van der Waals surface area (Å²) in [6, 6.07) is 13.0. The Morgan fingerprint density at radius 1 is 1.16 bits per heavy atom. The van der Waals surface area contributed by atoms with Crippen LogP contribution in [0.4, 0.5) is 5.69 Å². The van der Waals surface area contributed by atoms with Gasteiger partial charge in [0.15, 0.2) is 0 Å². The van der Waals surface area contributed by atoms with Gasteiger partial charge in [-0.1, -0.05) is 22.0 Å². The Kier molecular flexibility index (Phi) is 7.12. The Labute approximate surface area is 155 Å². The maximum absolute atomic E-state index is 12.2. The van der Waals surface area contributed by atoms with Crippen molar-refractivity contribution in [2.45, 2.75) is 11.3 Å². The second-order valence-corrected chi connectivity index (χ2v) is 7.92. The van der Waals surface area contributed by atoms with E-state index in [-0.39, 0.29) is 10.8 Å². The lowest BCUT2D eigenvalue weighted by Crippen LogP contribution is -2.25. The Morgan fingerprint density at radius 2 is 1.88 bits per heavy atom. The smallest absolute Gasteiger partial charge is 0.255 e. The molecule has 2 N–H and O–H groups in total. The van der Waals surface area contributed by atoms with E-state index in [2.05, 4.69) is 26.0 Å². The second-order valence-electron chi connectivity index (χ2n) is 5.23. The minimum Gasteiger partial charge on any atom is -0.385 e. The molecule has 0 aliphatic rings. The van der Waals surface area contributed by atoms with Crippen LogP contribution in [0.1, 0.15) is 16.8 Å². The lowest BCUT2D eigenvalue weighted by atomic mass is 10.2. The van der Waals surface area contributed by atoms with Crippen LogP contribution in [0.5, 0.6) is 0 Å². The van der Waals surface area contributed by atoms with E-state index < -0.39 is 10.0 Å². The predicted octanol–water partition coefficient (Wildman–Crippen LogP) is 3.02. The minimum absolute atomic E-state index is 0.144. The third-order valence-electron chi connectivity index (χ3n) is 3.33. The molecule has 2 aromatic rings. The van der Waals surface area contributed by atoms with Gasteiger partial charge >= 0.3 is 0 Å². The number of amides is 1. The number of sulfonamides is 1. The number of methoxy groups -OCH3 is 1. The normalized spacial score (nSPS) is 11.3. The number of hydrogen-bond donors (Lipinski definition) is 2. The highest BCUT2D eigenvalue weighted by Crippen LogP contribution is 2.16. The fraction of sp³-hybridized carbons (Fsp3) is 0.235. The molecule has 134 valence electrons. The molecule has 0 saturated heterocycles. The largest absolute Gasteiger partial charge is 0.385 e. The average Bonchev–Trinajstić information content (AvgIpc) is 2.59. The van der Waals surface area contributed by atoms with Crippen LogP contribution in [0.2, 0.25) is 0 Å². The first kappa shape index (κ1) is 19.6. The lowest BCUT2D eigenvalue weighted by molar-refractivity contribution is 0.102. The van der Waals surface area contributed by atoms with Gasteiger partial charge in [0.25, 0.3) is 5.91 Å². The van der Waals surface area contributed by atoms with E-state index in [1.165, 1.54) is 12.1 Å². The summed E-state index contributed by atoms with van der Waals surface area (Å²) in [7, 11) is -2.00. The molecule has 1 amide bonds. The Hall–Kier alpha value is -1.74. The number of ether oxygens (including phenoxy) is 1. The summed E-state index contributed by atoms with van der Waals surface area (Å²) >= 11 is 3.32. The molecular weight excluding hydrogens is 408 g/mol. The van der Waals surface area contributed by atoms with E-state index >= 15 is 0 Å². The number of carbonyl (C=O) groups excluding carboxylic acids is 1. The summed E-state index contributed by atoms with van der Waals surface area (Å²) in [5.74, 6) is -0.269. The van der Waals surface area contributed by atoms with Crippen molar-refractivity contribution in [2.24, 2.45) is 0 Å². The van der Waals surface area contributed by atoms with Crippen molar-refractivity contribution in [1.82, 2.24) is 4.72 Å². The van der Waals surface area contributed by atoms with E-state index in [1.807, 2.05) is 6.07 Å². The van der Waals surface area contributed by atoms with Crippen molar-refractivity contribution in [2.75, 3.05) is 25.6 Å². The highest BCUT2D eigenvalue weighted by atomic mass is 79.9. The molecule has 0 spiro atoms. The van der Waals surface area contributed by atoms with Gasteiger partial charge in [-0.25, -0.2) is 13.1 Å². The molecular formula is C17H19BrN2O4S. The highest BCUT2D eigenvalue weighted by Gasteiger charge is 2.13. The lowest BCUT2D eigenvalue weighted by Gasteiger charge is -2.09. The third kappa shape index (κ3) is 5.93.